The van der Waals surface area contributed by atoms with Crippen molar-refractivity contribution in [3.63, 3.8) is 0 Å². The Morgan fingerprint density at radius 3 is 2.67 bits per heavy atom. The Bertz CT molecular complexity index is 404. The molecule has 1 aliphatic heterocycles. The number of amides is 3. The molecule has 1 heterocycles. The van der Waals surface area contributed by atoms with E-state index in [4.69, 9.17) is 4.74 Å². The molecule has 7 heteroatoms. The molecule has 1 unspecified atom stereocenters. The van der Waals surface area contributed by atoms with E-state index >= 15 is 0 Å². The van der Waals surface area contributed by atoms with Crippen LogP contribution in [0.5, 0.6) is 0 Å². The van der Waals surface area contributed by atoms with E-state index in [2.05, 4.69) is 10.6 Å². The molecule has 120 valence electrons. The zero-order valence-corrected chi connectivity index (χ0v) is 13.2. The highest BCUT2D eigenvalue weighted by atomic mass is 16.6. The van der Waals surface area contributed by atoms with E-state index in [-0.39, 0.29) is 24.8 Å². The number of hydrogen-bond acceptors (Lipinski definition) is 4. The summed E-state index contributed by atoms with van der Waals surface area (Å²) in [5.74, 6) is -0.245. The summed E-state index contributed by atoms with van der Waals surface area (Å²) in [5, 5.41) is 5.29. The van der Waals surface area contributed by atoms with E-state index in [1.54, 1.807) is 25.7 Å². The minimum Gasteiger partial charge on any atom is -0.444 e. The van der Waals surface area contributed by atoms with E-state index in [1.165, 1.54) is 0 Å². The number of nitrogens with zero attached hydrogens (tertiary/aromatic N) is 1. The van der Waals surface area contributed by atoms with E-state index < -0.39 is 17.7 Å². The first-order valence-electron chi connectivity index (χ1n) is 7.28. The first-order valence-corrected chi connectivity index (χ1v) is 7.28. The third kappa shape index (κ3) is 5.61. The lowest BCUT2D eigenvalue weighted by Crippen LogP contribution is -2.57. The molecule has 0 aromatic carbocycles. The van der Waals surface area contributed by atoms with Gasteiger partial charge in [-0.1, -0.05) is 6.92 Å². The zero-order chi connectivity index (χ0) is 16.0. The minimum atomic E-state index is -0.563. The van der Waals surface area contributed by atoms with Crippen molar-refractivity contribution in [2.45, 2.75) is 52.2 Å². The lowest BCUT2D eigenvalue weighted by molar-refractivity contribution is -0.143. The fourth-order valence-corrected chi connectivity index (χ4v) is 2.15. The molecule has 0 bridgehead atoms. The summed E-state index contributed by atoms with van der Waals surface area (Å²) >= 11 is 0. The summed E-state index contributed by atoms with van der Waals surface area (Å²) in [6.45, 7) is 8.37. The molecule has 0 spiro atoms. The predicted octanol–water partition coefficient (Wildman–Crippen LogP) is 0.638. The molecule has 7 nitrogen and oxygen atoms in total. The summed E-state index contributed by atoms with van der Waals surface area (Å²) in [4.78, 5) is 36.9. The van der Waals surface area contributed by atoms with Crippen LogP contribution in [0, 0.1) is 0 Å². The number of ether oxygens (including phenoxy) is 1. The smallest absolute Gasteiger partial charge is 0.407 e. The molecule has 1 atom stereocenters. The maximum Gasteiger partial charge on any atom is 0.407 e. The van der Waals surface area contributed by atoms with Gasteiger partial charge in [-0.25, -0.2) is 4.79 Å². The highest BCUT2D eigenvalue weighted by molar-refractivity contribution is 5.88. The maximum absolute atomic E-state index is 12.1. The topological polar surface area (TPSA) is 87.7 Å². The van der Waals surface area contributed by atoms with Gasteiger partial charge in [0, 0.05) is 26.1 Å². The van der Waals surface area contributed by atoms with Gasteiger partial charge in [0.05, 0.1) is 0 Å². The molecule has 3 amide bonds. The average Bonchev–Trinajstić information content (AvgIpc) is 2.36. The Morgan fingerprint density at radius 2 is 2.10 bits per heavy atom. The normalized spacial score (nSPS) is 19.0. The predicted molar refractivity (Wildman–Crippen MR) is 77.7 cm³/mol. The molecular formula is C14H25N3O4. The molecule has 2 N–H and O–H groups in total. The van der Waals surface area contributed by atoms with Gasteiger partial charge in [-0.15, -0.1) is 0 Å². The van der Waals surface area contributed by atoms with Gasteiger partial charge >= 0.3 is 6.09 Å². The van der Waals surface area contributed by atoms with Crippen molar-refractivity contribution in [1.82, 2.24) is 15.5 Å². The molecule has 21 heavy (non-hydrogen) atoms. The zero-order valence-electron chi connectivity index (χ0n) is 13.2. The van der Waals surface area contributed by atoms with Gasteiger partial charge in [0.15, 0.2) is 0 Å². The first-order chi connectivity index (χ1) is 9.74. The number of carbonyl (C=O) groups excluding carboxylic acids is 3. The lowest BCUT2D eigenvalue weighted by Gasteiger charge is -2.34. The molecule has 0 radical (unpaired) electrons. The second-order valence-corrected chi connectivity index (χ2v) is 5.98. The van der Waals surface area contributed by atoms with Crippen molar-refractivity contribution in [3.05, 3.63) is 0 Å². The quantitative estimate of drug-likeness (QED) is 0.797. The SMILES string of the molecule is CCC1C(=O)NCCN1C(=O)CCNC(=O)OC(C)(C)C. The van der Waals surface area contributed by atoms with Crippen LogP contribution in [-0.2, 0) is 14.3 Å². The van der Waals surface area contributed by atoms with Gasteiger partial charge in [0.25, 0.3) is 0 Å². The number of rotatable bonds is 4. The third-order valence-corrected chi connectivity index (χ3v) is 3.04. The van der Waals surface area contributed by atoms with Crippen molar-refractivity contribution in [2.24, 2.45) is 0 Å². The van der Waals surface area contributed by atoms with Crippen molar-refractivity contribution in [2.75, 3.05) is 19.6 Å². The molecule has 1 fully saturated rings. The van der Waals surface area contributed by atoms with Gasteiger partial charge in [-0.2, -0.15) is 0 Å². The van der Waals surface area contributed by atoms with Gasteiger partial charge < -0.3 is 20.3 Å². The van der Waals surface area contributed by atoms with Gasteiger partial charge in [0.2, 0.25) is 11.8 Å². The van der Waals surface area contributed by atoms with Crippen LogP contribution in [0.4, 0.5) is 4.79 Å². The molecule has 0 aromatic heterocycles. The Kier molecular flexibility index (Phi) is 5.99. The van der Waals surface area contributed by atoms with Crippen molar-refractivity contribution < 1.29 is 19.1 Å². The number of hydrogen-bond donors (Lipinski definition) is 2. The Morgan fingerprint density at radius 1 is 1.43 bits per heavy atom. The molecule has 1 aliphatic rings. The van der Waals surface area contributed by atoms with Gasteiger partial charge in [-0.05, 0) is 27.2 Å². The number of alkyl carbamates (subject to hydrolysis) is 1. The summed E-state index contributed by atoms with van der Waals surface area (Å²) < 4.78 is 5.09. The monoisotopic (exact) mass is 299 g/mol. The van der Waals surface area contributed by atoms with Gasteiger partial charge in [0.1, 0.15) is 11.6 Å². The van der Waals surface area contributed by atoms with Crippen LogP contribution in [0.3, 0.4) is 0 Å². The third-order valence-electron chi connectivity index (χ3n) is 3.04. The lowest BCUT2D eigenvalue weighted by atomic mass is 10.1. The first kappa shape index (κ1) is 17.3. The van der Waals surface area contributed by atoms with E-state index in [0.29, 0.717) is 19.5 Å². The van der Waals surface area contributed by atoms with Crippen LogP contribution < -0.4 is 10.6 Å². The molecule has 1 rings (SSSR count). The average molecular weight is 299 g/mol. The number of piperazine rings is 1. The van der Waals surface area contributed by atoms with Crippen molar-refractivity contribution in [3.8, 4) is 0 Å². The van der Waals surface area contributed by atoms with E-state index in [0.717, 1.165) is 0 Å². The van der Waals surface area contributed by atoms with Crippen LogP contribution in [0.25, 0.3) is 0 Å². The second-order valence-electron chi connectivity index (χ2n) is 5.98. The Labute approximate surface area is 125 Å². The molecule has 0 aliphatic carbocycles. The molecular weight excluding hydrogens is 274 g/mol. The fraction of sp³-hybridized carbons (Fsp3) is 0.786. The summed E-state index contributed by atoms with van der Waals surface area (Å²) in [6.07, 6.45) is 0.193. The van der Waals surface area contributed by atoms with Crippen LogP contribution in [-0.4, -0.2) is 54.1 Å². The Hall–Kier alpha value is -1.79. The largest absolute Gasteiger partial charge is 0.444 e. The van der Waals surface area contributed by atoms with Crippen LogP contribution in [0.15, 0.2) is 0 Å². The second kappa shape index (κ2) is 7.28. The van der Waals surface area contributed by atoms with E-state index in [1.807, 2.05) is 6.92 Å². The highest BCUT2D eigenvalue weighted by Gasteiger charge is 2.31. The molecule has 0 saturated carbocycles. The number of carbonyl (C=O) groups is 3. The maximum atomic E-state index is 12.1. The summed E-state index contributed by atoms with van der Waals surface area (Å²) in [5.41, 5.74) is -0.563. The van der Waals surface area contributed by atoms with Gasteiger partial charge in [-0.3, -0.25) is 9.59 Å². The standard InChI is InChI=1S/C14H25N3O4/c1-5-10-12(19)15-8-9-17(10)11(18)6-7-16-13(20)21-14(2,3)4/h10H,5-9H2,1-4H3,(H,15,19)(H,16,20). The fourth-order valence-electron chi connectivity index (χ4n) is 2.15. The summed E-state index contributed by atoms with van der Waals surface area (Å²) in [7, 11) is 0. The van der Waals surface area contributed by atoms with E-state index in [9.17, 15) is 14.4 Å². The molecule has 0 aromatic rings. The van der Waals surface area contributed by atoms with Crippen molar-refractivity contribution >= 4 is 17.9 Å². The van der Waals surface area contributed by atoms with Crippen LogP contribution in [0.2, 0.25) is 0 Å². The van der Waals surface area contributed by atoms with Crippen LogP contribution in [0.1, 0.15) is 40.5 Å². The Balaban J connectivity index is 2.39. The van der Waals surface area contributed by atoms with Crippen LogP contribution >= 0.6 is 0 Å². The summed E-state index contributed by atoms with van der Waals surface area (Å²) in [6, 6.07) is -0.409. The number of nitrogens with one attached hydrogen (secondary N) is 2. The van der Waals surface area contributed by atoms with Crippen molar-refractivity contribution in [1.29, 1.82) is 0 Å². The highest BCUT2D eigenvalue weighted by Crippen LogP contribution is 2.10. The minimum absolute atomic E-state index is 0.114. The molecule has 1 saturated heterocycles.